The Balaban J connectivity index is 0.000000285. The van der Waals surface area contributed by atoms with E-state index in [-0.39, 0.29) is 22.7 Å². The summed E-state index contributed by atoms with van der Waals surface area (Å²) in [5, 5.41) is 2.79. The third-order valence-corrected chi connectivity index (χ3v) is 5.03. The molecule has 0 saturated carbocycles. The van der Waals surface area contributed by atoms with Gasteiger partial charge in [0.1, 0.15) is 5.82 Å². The molecule has 0 atom stereocenters. The van der Waals surface area contributed by atoms with Gasteiger partial charge in [-0.2, -0.15) is 0 Å². The molecule has 5 nitrogen and oxygen atoms in total. The SMILES string of the molecule is CC.CCCC(C)(C)C(=O)Nc1ccc(F)cc1.O=c1[nH]c(=S)[nH]c2c1CCCC2. The van der Waals surface area contributed by atoms with Gasteiger partial charge < -0.3 is 10.3 Å². The molecule has 0 radical (unpaired) electrons. The van der Waals surface area contributed by atoms with Crippen LogP contribution in [0.15, 0.2) is 29.1 Å². The molecule has 0 saturated heterocycles. The van der Waals surface area contributed by atoms with Gasteiger partial charge in [0.25, 0.3) is 5.56 Å². The molecule has 0 fully saturated rings. The number of halogens is 1. The van der Waals surface area contributed by atoms with E-state index in [0.29, 0.717) is 10.5 Å². The zero-order valence-corrected chi connectivity index (χ0v) is 19.5. The summed E-state index contributed by atoms with van der Waals surface area (Å²) in [6.45, 7) is 9.87. The van der Waals surface area contributed by atoms with E-state index in [1.165, 1.54) is 12.1 Å². The zero-order chi connectivity index (χ0) is 22.7. The van der Waals surface area contributed by atoms with Crippen LogP contribution in [0.4, 0.5) is 10.1 Å². The lowest BCUT2D eigenvalue weighted by molar-refractivity contribution is -0.124. The summed E-state index contributed by atoms with van der Waals surface area (Å²) in [5.74, 6) is -0.327. The highest BCUT2D eigenvalue weighted by Crippen LogP contribution is 2.24. The number of carbonyl (C=O) groups excluding carboxylic acids is 1. The van der Waals surface area contributed by atoms with Crippen molar-refractivity contribution < 1.29 is 9.18 Å². The molecular formula is C23H34FN3O2S. The van der Waals surface area contributed by atoms with Gasteiger partial charge in [0.15, 0.2) is 4.77 Å². The van der Waals surface area contributed by atoms with Gasteiger partial charge in [0.2, 0.25) is 5.91 Å². The highest BCUT2D eigenvalue weighted by atomic mass is 32.1. The fraction of sp³-hybridized carbons (Fsp3) is 0.522. The summed E-state index contributed by atoms with van der Waals surface area (Å²) in [5.41, 5.74) is 2.18. The van der Waals surface area contributed by atoms with Crippen LogP contribution in [-0.4, -0.2) is 15.9 Å². The number of hydrogen-bond acceptors (Lipinski definition) is 3. The molecule has 1 aliphatic rings. The largest absolute Gasteiger partial charge is 0.336 e. The monoisotopic (exact) mass is 435 g/mol. The fourth-order valence-electron chi connectivity index (χ4n) is 3.21. The number of fused-ring (bicyclic) bond motifs is 1. The van der Waals surface area contributed by atoms with Gasteiger partial charge >= 0.3 is 0 Å². The van der Waals surface area contributed by atoms with Crippen LogP contribution < -0.4 is 10.9 Å². The standard InChI is InChI=1S/C13H18FNO.C8H10N2OS.C2H6/c1-4-9-13(2,3)12(16)15-11-7-5-10(14)6-8-11;11-7-5-3-1-2-4-6(5)9-8(12)10-7;1-2/h5-8H,4,9H2,1-3H3,(H,15,16);1-4H2,(H2,9,10,11,12);1-2H3. The maximum absolute atomic E-state index is 12.7. The van der Waals surface area contributed by atoms with Crippen molar-refractivity contribution in [2.24, 2.45) is 5.41 Å². The zero-order valence-electron chi connectivity index (χ0n) is 18.7. The second kappa shape index (κ2) is 12.4. The number of aromatic nitrogens is 2. The molecule has 1 heterocycles. The molecule has 3 rings (SSSR count). The number of aromatic amines is 2. The van der Waals surface area contributed by atoms with Crippen LogP contribution in [-0.2, 0) is 17.6 Å². The van der Waals surface area contributed by atoms with Gasteiger partial charge in [0, 0.05) is 22.4 Å². The molecule has 0 spiro atoms. The van der Waals surface area contributed by atoms with Crippen molar-refractivity contribution in [3.8, 4) is 0 Å². The molecule has 3 N–H and O–H groups in total. The molecule has 0 aliphatic heterocycles. The highest BCUT2D eigenvalue weighted by Gasteiger charge is 2.26. The van der Waals surface area contributed by atoms with Gasteiger partial charge in [-0.1, -0.05) is 41.0 Å². The second-order valence-corrected chi connectivity index (χ2v) is 8.08. The summed E-state index contributed by atoms with van der Waals surface area (Å²) in [7, 11) is 0. The Hall–Kier alpha value is -2.28. The molecule has 1 aromatic carbocycles. The van der Waals surface area contributed by atoms with Gasteiger partial charge in [-0.15, -0.1) is 0 Å². The van der Waals surface area contributed by atoms with E-state index in [1.54, 1.807) is 12.1 Å². The van der Waals surface area contributed by atoms with Gasteiger partial charge in [-0.3, -0.25) is 14.6 Å². The summed E-state index contributed by atoms with van der Waals surface area (Å²) in [6.07, 6.45) is 5.91. The van der Waals surface area contributed by atoms with Gasteiger partial charge in [-0.05, 0) is 68.6 Å². The molecule has 1 aliphatic carbocycles. The van der Waals surface area contributed by atoms with E-state index in [0.717, 1.165) is 49.8 Å². The first-order valence-electron chi connectivity index (χ1n) is 10.6. The van der Waals surface area contributed by atoms with E-state index in [9.17, 15) is 14.0 Å². The van der Waals surface area contributed by atoms with Gasteiger partial charge in [0.05, 0.1) is 0 Å². The van der Waals surface area contributed by atoms with Crippen LogP contribution in [0.3, 0.4) is 0 Å². The Morgan fingerprint density at radius 2 is 1.73 bits per heavy atom. The van der Waals surface area contributed by atoms with Crippen LogP contribution in [0.1, 0.15) is 71.6 Å². The molecule has 0 unspecified atom stereocenters. The Bertz CT molecular complexity index is 917. The molecule has 166 valence electrons. The third kappa shape index (κ3) is 7.86. The van der Waals surface area contributed by atoms with Crippen molar-refractivity contribution in [1.29, 1.82) is 0 Å². The van der Waals surface area contributed by atoms with Crippen LogP contribution in [0.25, 0.3) is 0 Å². The van der Waals surface area contributed by atoms with Crippen LogP contribution >= 0.6 is 12.2 Å². The topological polar surface area (TPSA) is 77.8 Å². The Labute approximate surface area is 183 Å². The number of benzene rings is 1. The average molecular weight is 436 g/mol. The highest BCUT2D eigenvalue weighted by molar-refractivity contribution is 7.71. The van der Waals surface area contributed by atoms with Crippen molar-refractivity contribution in [3.05, 3.63) is 56.5 Å². The van der Waals surface area contributed by atoms with E-state index < -0.39 is 0 Å². The molecule has 30 heavy (non-hydrogen) atoms. The number of rotatable bonds is 4. The first-order valence-corrected chi connectivity index (χ1v) is 11.0. The van der Waals surface area contributed by atoms with E-state index in [4.69, 9.17) is 12.2 Å². The van der Waals surface area contributed by atoms with Crippen molar-refractivity contribution >= 4 is 23.8 Å². The predicted molar refractivity (Wildman–Crippen MR) is 124 cm³/mol. The van der Waals surface area contributed by atoms with E-state index in [1.807, 2.05) is 34.6 Å². The molecule has 2 aromatic rings. The van der Waals surface area contributed by atoms with Crippen LogP contribution in [0.2, 0.25) is 0 Å². The third-order valence-electron chi connectivity index (χ3n) is 4.83. The average Bonchev–Trinajstić information content (AvgIpc) is 2.71. The van der Waals surface area contributed by atoms with Crippen LogP contribution in [0, 0.1) is 16.0 Å². The van der Waals surface area contributed by atoms with Crippen molar-refractivity contribution in [2.75, 3.05) is 5.32 Å². The Kier molecular flexibility index (Phi) is 10.7. The summed E-state index contributed by atoms with van der Waals surface area (Å²) in [6, 6.07) is 5.80. The maximum atomic E-state index is 12.7. The van der Waals surface area contributed by atoms with E-state index >= 15 is 0 Å². The first-order chi connectivity index (χ1) is 14.2. The van der Waals surface area contributed by atoms with Crippen molar-refractivity contribution in [3.63, 3.8) is 0 Å². The fourth-order valence-corrected chi connectivity index (χ4v) is 3.43. The van der Waals surface area contributed by atoms with E-state index in [2.05, 4.69) is 15.3 Å². The molecule has 1 amide bonds. The van der Waals surface area contributed by atoms with Crippen molar-refractivity contribution in [2.45, 2.75) is 73.1 Å². The number of aryl methyl sites for hydroxylation is 1. The lowest BCUT2D eigenvalue weighted by Gasteiger charge is -2.22. The molecular weight excluding hydrogens is 401 g/mol. The number of carbonyl (C=O) groups is 1. The number of amides is 1. The minimum Gasteiger partial charge on any atom is -0.336 e. The Morgan fingerprint density at radius 3 is 2.33 bits per heavy atom. The summed E-state index contributed by atoms with van der Waals surface area (Å²) in [4.78, 5) is 28.9. The molecule has 0 bridgehead atoms. The lowest BCUT2D eigenvalue weighted by atomic mass is 9.87. The first kappa shape index (κ1) is 25.8. The van der Waals surface area contributed by atoms with Crippen molar-refractivity contribution in [1.82, 2.24) is 9.97 Å². The quantitative estimate of drug-likeness (QED) is 0.521. The number of nitrogens with one attached hydrogen (secondary N) is 3. The minimum atomic E-state index is -0.386. The Morgan fingerprint density at radius 1 is 1.13 bits per heavy atom. The lowest BCUT2D eigenvalue weighted by Crippen LogP contribution is -2.30. The van der Waals surface area contributed by atoms with Gasteiger partial charge in [-0.25, -0.2) is 4.39 Å². The normalized spacial score (nSPS) is 12.5. The molecule has 1 aromatic heterocycles. The molecule has 7 heteroatoms. The van der Waals surface area contributed by atoms with Crippen LogP contribution in [0.5, 0.6) is 0 Å². The summed E-state index contributed by atoms with van der Waals surface area (Å²) >= 11 is 4.87. The summed E-state index contributed by atoms with van der Waals surface area (Å²) < 4.78 is 13.1. The number of hydrogen-bond donors (Lipinski definition) is 3. The minimum absolute atomic E-state index is 0.00606. The number of anilines is 1. The maximum Gasteiger partial charge on any atom is 0.255 e. The predicted octanol–water partition coefficient (Wildman–Crippen LogP) is 5.93. The smallest absolute Gasteiger partial charge is 0.255 e. The number of H-pyrrole nitrogens is 2. The second-order valence-electron chi connectivity index (χ2n) is 7.67.